The van der Waals surface area contributed by atoms with Gasteiger partial charge in [-0.3, -0.25) is 4.79 Å². The van der Waals surface area contributed by atoms with Crippen molar-refractivity contribution in [3.63, 3.8) is 0 Å². The summed E-state index contributed by atoms with van der Waals surface area (Å²) in [5.41, 5.74) is 1.90. The first kappa shape index (κ1) is 12.0. The lowest BCUT2D eigenvalue weighted by Gasteiger charge is -2.23. The van der Waals surface area contributed by atoms with Gasteiger partial charge in [0.1, 0.15) is 5.76 Å². The molecule has 100 valence electrons. The van der Waals surface area contributed by atoms with Crippen LogP contribution in [0.25, 0.3) is 0 Å². The maximum absolute atomic E-state index is 12.4. The zero-order chi connectivity index (χ0) is 13.4. The van der Waals surface area contributed by atoms with Gasteiger partial charge in [0.05, 0.1) is 18.0 Å². The first-order chi connectivity index (χ1) is 9.18. The minimum Gasteiger partial charge on any atom is -0.459 e. The van der Waals surface area contributed by atoms with E-state index in [4.69, 9.17) is 8.94 Å². The van der Waals surface area contributed by atoms with E-state index in [1.54, 1.807) is 12.1 Å². The van der Waals surface area contributed by atoms with Gasteiger partial charge in [-0.15, -0.1) is 0 Å². The van der Waals surface area contributed by atoms with Crippen LogP contribution in [-0.2, 0) is 0 Å². The lowest BCUT2D eigenvalue weighted by atomic mass is 10.0. The molecule has 5 nitrogen and oxygen atoms in total. The fraction of sp³-hybridized carbons (Fsp3) is 0.429. The Hall–Kier alpha value is -2.04. The second-order valence-corrected chi connectivity index (χ2v) is 4.87. The lowest BCUT2D eigenvalue weighted by molar-refractivity contribution is 0.0702. The molecule has 0 aromatic carbocycles. The van der Waals surface area contributed by atoms with Crippen LogP contribution in [0.5, 0.6) is 0 Å². The number of nitrogens with zero attached hydrogens (tertiary/aromatic N) is 2. The predicted molar refractivity (Wildman–Crippen MR) is 67.7 cm³/mol. The van der Waals surface area contributed by atoms with Crippen LogP contribution in [0.15, 0.2) is 27.3 Å². The third kappa shape index (κ3) is 1.95. The molecule has 1 unspecified atom stereocenters. The molecule has 1 amide bonds. The molecule has 1 atom stereocenters. The van der Waals surface area contributed by atoms with Gasteiger partial charge in [-0.05, 0) is 38.8 Å². The molecule has 0 bridgehead atoms. The third-order valence-corrected chi connectivity index (χ3v) is 3.67. The molecule has 0 saturated carbocycles. The van der Waals surface area contributed by atoms with Crippen molar-refractivity contribution in [2.24, 2.45) is 0 Å². The Morgan fingerprint density at radius 2 is 2.32 bits per heavy atom. The standard InChI is InChI=1S/C14H16N2O3/c1-9-13(10(2)19-15-9)11-5-3-7-16(11)14(17)12-6-4-8-18-12/h4,6,8,11H,3,5,7H2,1-2H3. The number of furan rings is 1. The molecular formula is C14H16N2O3. The molecule has 0 spiro atoms. The molecule has 1 aliphatic rings. The van der Waals surface area contributed by atoms with E-state index in [1.165, 1.54) is 6.26 Å². The highest BCUT2D eigenvalue weighted by atomic mass is 16.5. The summed E-state index contributed by atoms with van der Waals surface area (Å²) < 4.78 is 10.4. The lowest BCUT2D eigenvalue weighted by Crippen LogP contribution is -2.30. The van der Waals surface area contributed by atoms with Crippen LogP contribution in [0, 0.1) is 13.8 Å². The molecule has 2 aromatic heterocycles. The van der Waals surface area contributed by atoms with E-state index in [0.29, 0.717) is 5.76 Å². The monoisotopic (exact) mass is 260 g/mol. The highest BCUT2D eigenvalue weighted by molar-refractivity contribution is 5.92. The van der Waals surface area contributed by atoms with Crippen molar-refractivity contribution in [2.45, 2.75) is 32.7 Å². The average Bonchev–Trinajstić information content (AvgIpc) is 3.10. The number of rotatable bonds is 2. The van der Waals surface area contributed by atoms with E-state index in [2.05, 4.69) is 5.16 Å². The van der Waals surface area contributed by atoms with E-state index in [0.717, 1.165) is 36.4 Å². The number of carbonyl (C=O) groups excluding carboxylic acids is 1. The van der Waals surface area contributed by atoms with Crippen molar-refractivity contribution in [1.29, 1.82) is 0 Å². The van der Waals surface area contributed by atoms with Crippen LogP contribution in [-0.4, -0.2) is 22.5 Å². The summed E-state index contributed by atoms with van der Waals surface area (Å²) in [5, 5.41) is 3.98. The summed E-state index contributed by atoms with van der Waals surface area (Å²) in [6, 6.07) is 3.48. The minimum atomic E-state index is -0.0625. The normalized spacial score (nSPS) is 19.1. The fourth-order valence-electron chi connectivity index (χ4n) is 2.82. The first-order valence-corrected chi connectivity index (χ1v) is 6.45. The Bertz CT molecular complexity index is 566. The van der Waals surface area contributed by atoms with Crippen LogP contribution in [0.2, 0.25) is 0 Å². The van der Waals surface area contributed by atoms with E-state index < -0.39 is 0 Å². The van der Waals surface area contributed by atoms with Gasteiger partial charge in [-0.2, -0.15) is 0 Å². The molecule has 1 fully saturated rings. The van der Waals surface area contributed by atoms with Gasteiger partial charge in [0, 0.05) is 12.1 Å². The molecule has 19 heavy (non-hydrogen) atoms. The Labute approximate surface area is 111 Å². The highest BCUT2D eigenvalue weighted by Crippen LogP contribution is 2.36. The quantitative estimate of drug-likeness (QED) is 0.833. The van der Waals surface area contributed by atoms with Crippen molar-refractivity contribution < 1.29 is 13.7 Å². The van der Waals surface area contributed by atoms with Crippen LogP contribution >= 0.6 is 0 Å². The van der Waals surface area contributed by atoms with Crippen LogP contribution in [0.3, 0.4) is 0 Å². The van der Waals surface area contributed by atoms with Gasteiger partial charge in [0.2, 0.25) is 0 Å². The van der Waals surface area contributed by atoms with Gasteiger partial charge in [0.25, 0.3) is 5.91 Å². The topological polar surface area (TPSA) is 59.5 Å². The van der Waals surface area contributed by atoms with Gasteiger partial charge in [0.15, 0.2) is 5.76 Å². The fourth-order valence-corrected chi connectivity index (χ4v) is 2.82. The van der Waals surface area contributed by atoms with Crippen LogP contribution in [0.4, 0.5) is 0 Å². The van der Waals surface area contributed by atoms with E-state index >= 15 is 0 Å². The van der Waals surface area contributed by atoms with Gasteiger partial charge >= 0.3 is 0 Å². The Morgan fingerprint density at radius 1 is 1.47 bits per heavy atom. The number of likely N-dealkylation sites (tertiary alicyclic amines) is 1. The molecule has 3 rings (SSSR count). The summed E-state index contributed by atoms with van der Waals surface area (Å²) in [5.74, 6) is 1.12. The van der Waals surface area contributed by atoms with Crippen LogP contribution < -0.4 is 0 Å². The average molecular weight is 260 g/mol. The summed E-state index contributed by atoms with van der Waals surface area (Å²) in [4.78, 5) is 14.3. The smallest absolute Gasteiger partial charge is 0.290 e. The molecular weight excluding hydrogens is 244 g/mol. The van der Waals surface area contributed by atoms with E-state index in [-0.39, 0.29) is 11.9 Å². The number of hydrogen-bond acceptors (Lipinski definition) is 4. The van der Waals surface area contributed by atoms with E-state index in [9.17, 15) is 4.79 Å². The minimum absolute atomic E-state index is 0.0452. The van der Waals surface area contributed by atoms with Crippen molar-refractivity contribution >= 4 is 5.91 Å². The largest absolute Gasteiger partial charge is 0.459 e. The number of aryl methyl sites for hydroxylation is 2. The molecule has 0 aliphatic carbocycles. The SMILES string of the molecule is Cc1noc(C)c1C1CCCN1C(=O)c1ccco1. The Morgan fingerprint density at radius 3 is 2.95 bits per heavy atom. The van der Waals surface area contributed by atoms with E-state index in [1.807, 2.05) is 18.7 Å². The van der Waals surface area contributed by atoms with Crippen LogP contribution in [0.1, 0.15) is 46.5 Å². The number of aromatic nitrogens is 1. The molecule has 1 saturated heterocycles. The summed E-state index contributed by atoms with van der Waals surface area (Å²) in [6.45, 7) is 4.55. The molecule has 5 heteroatoms. The number of hydrogen-bond donors (Lipinski definition) is 0. The molecule has 0 radical (unpaired) electrons. The number of carbonyl (C=O) groups is 1. The van der Waals surface area contributed by atoms with Crippen molar-refractivity contribution in [2.75, 3.05) is 6.54 Å². The second kappa shape index (κ2) is 4.57. The summed E-state index contributed by atoms with van der Waals surface area (Å²) >= 11 is 0. The van der Waals surface area contributed by atoms with Gasteiger partial charge in [-0.25, -0.2) is 0 Å². The molecule has 2 aromatic rings. The Balaban J connectivity index is 1.92. The predicted octanol–water partition coefficient (Wildman–Crippen LogP) is 2.86. The van der Waals surface area contributed by atoms with Gasteiger partial charge < -0.3 is 13.8 Å². The van der Waals surface area contributed by atoms with Gasteiger partial charge in [-0.1, -0.05) is 5.16 Å². The third-order valence-electron chi connectivity index (χ3n) is 3.67. The number of amides is 1. The first-order valence-electron chi connectivity index (χ1n) is 6.45. The maximum Gasteiger partial charge on any atom is 0.290 e. The second-order valence-electron chi connectivity index (χ2n) is 4.87. The highest BCUT2D eigenvalue weighted by Gasteiger charge is 2.35. The molecule has 1 aliphatic heterocycles. The van der Waals surface area contributed by atoms with Crippen molar-refractivity contribution in [1.82, 2.24) is 10.1 Å². The van der Waals surface area contributed by atoms with Crippen molar-refractivity contribution in [3.8, 4) is 0 Å². The summed E-state index contributed by atoms with van der Waals surface area (Å²) in [6.07, 6.45) is 3.45. The maximum atomic E-state index is 12.4. The van der Waals surface area contributed by atoms with Crippen molar-refractivity contribution in [3.05, 3.63) is 41.2 Å². The zero-order valence-electron chi connectivity index (χ0n) is 11.0. The zero-order valence-corrected chi connectivity index (χ0v) is 11.0. The molecule has 0 N–H and O–H groups in total. The summed E-state index contributed by atoms with van der Waals surface area (Å²) in [7, 11) is 0. The Kier molecular flexibility index (Phi) is 2.89. The molecule has 3 heterocycles.